The number of sulfone groups is 1. The van der Waals surface area contributed by atoms with Crippen LogP contribution in [0, 0.1) is 0 Å². The molecule has 0 aliphatic heterocycles. The largest absolute Gasteiger partial charge is 0.224 e. The Kier molecular flexibility index (Phi) is 5.38. The van der Waals surface area contributed by atoms with Gasteiger partial charge in [0.2, 0.25) is 0 Å². The van der Waals surface area contributed by atoms with E-state index in [2.05, 4.69) is 0 Å². The lowest BCUT2D eigenvalue weighted by atomic mass is 10.4. The Morgan fingerprint density at radius 3 is 2.44 bits per heavy atom. The van der Waals surface area contributed by atoms with E-state index < -0.39 is 9.84 Å². The molecule has 0 atom stereocenters. The molecule has 0 radical (unpaired) electrons. The van der Waals surface area contributed by atoms with E-state index in [1.165, 1.54) is 12.1 Å². The quantitative estimate of drug-likeness (QED) is 0.612. The average molecular weight is 302 g/mol. The monoisotopic (exact) mass is 300 g/mol. The fourth-order valence-electron chi connectivity index (χ4n) is 1.21. The zero-order valence-corrected chi connectivity index (χ0v) is 11.5. The summed E-state index contributed by atoms with van der Waals surface area (Å²) in [4.78, 5) is 0.0937. The number of hydrogen-bond donors (Lipinski definition) is 0. The SMILES string of the molecule is O=S(=O)(CCCCCl)c1cc(Cl)ccc1Cl. The molecule has 1 rings (SSSR count). The molecule has 90 valence electrons. The van der Waals surface area contributed by atoms with Gasteiger partial charge in [-0.25, -0.2) is 8.42 Å². The first-order chi connectivity index (χ1) is 7.47. The van der Waals surface area contributed by atoms with Gasteiger partial charge in [0.25, 0.3) is 0 Å². The van der Waals surface area contributed by atoms with E-state index >= 15 is 0 Å². The van der Waals surface area contributed by atoms with Crippen LogP contribution in [0.2, 0.25) is 10.0 Å². The predicted octanol–water partition coefficient (Wildman–Crippen LogP) is 3.79. The Balaban J connectivity index is 2.93. The fourth-order valence-corrected chi connectivity index (χ4v) is 3.58. The summed E-state index contributed by atoms with van der Waals surface area (Å²) < 4.78 is 23.8. The third-order valence-corrected chi connectivity index (χ3v) is 4.80. The first-order valence-corrected chi connectivity index (χ1v) is 7.65. The lowest BCUT2D eigenvalue weighted by Gasteiger charge is -2.06. The second kappa shape index (κ2) is 6.10. The van der Waals surface area contributed by atoms with Gasteiger partial charge < -0.3 is 0 Å². The Bertz CT molecular complexity index is 457. The van der Waals surface area contributed by atoms with Crippen LogP contribution >= 0.6 is 34.8 Å². The van der Waals surface area contributed by atoms with Gasteiger partial charge in [-0.2, -0.15) is 0 Å². The molecule has 0 aliphatic rings. The van der Waals surface area contributed by atoms with Crippen molar-refractivity contribution in [3.8, 4) is 0 Å². The molecule has 0 N–H and O–H groups in total. The van der Waals surface area contributed by atoms with Crippen molar-refractivity contribution in [2.24, 2.45) is 0 Å². The summed E-state index contributed by atoms with van der Waals surface area (Å²) in [6.45, 7) is 0. The summed E-state index contributed by atoms with van der Waals surface area (Å²) in [6, 6.07) is 4.42. The van der Waals surface area contributed by atoms with Crippen LogP contribution in [0.25, 0.3) is 0 Å². The summed E-state index contributed by atoms with van der Waals surface area (Å²) in [5.74, 6) is 0.499. The van der Waals surface area contributed by atoms with Gasteiger partial charge >= 0.3 is 0 Å². The minimum Gasteiger partial charge on any atom is -0.224 e. The van der Waals surface area contributed by atoms with Crippen LogP contribution in [-0.4, -0.2) is 20.1 Å². The fraction of sp³-hybridized carbons (Fsp3) is 0.400. The van der Waals surface area contributed by atoms with E-state index in [9.17, 15) is 8.42 Å². The van der Waals surface area contributed by atoms with Gasteiger partial charge in [0.1, 0.15) is 0 Å². The van der Waals surface area contributed by atoms with Crippen LogP contribution in [-0.2, 0) is 9.84 Å². The highest BCUT2D eigenvalue weighted by atomic mass is 35.5. The number of halogens is 3. The molecule has 0 spiro atoms. The average Bonchev–Trinajstić information content (AvgIpc) is 2.22. The van der Waals surface area contributed by atoms with Crippen LogP contribution in [0.15, 0.2) is 23.1 Å². The zero-order chi connectivity index (χ0) is 12.2. The minimum atomic E-state index is -3.36. The van der Waals surface area contributed by atoms with Crippen LogP contribution < -0.4 is 0 Å². The molecule has 2 nitrogen and oxygen atoms in total. The molecular formula is C10H11Cl3O2S. The molecule has 16 heavy (non-hydrogen) atoms. The molecule has 0 saturated carbocycles. The molecule has 0 amide bonds. The molecular weight excluding hydrogens is 291 g/mol. The van der Waals surface area contributed by atoms with Crippen molar-refractivity contribution < 1.29 is 8.42 Å². The van der Waals surface area contributed by atoms with Crippen molar-refractivity contribution in [2.45, 2.75) is 17.7 Å². The first kappa shape index (κ1) is 14.1. The Morgan fingerprint density at radius 2 is 1.81 bits per heavy atom. The number of benzene rings is 1. The van der Waals surface area contributed by atoms with Gasteiger partial charge in [0.15, 0.2) is 9.84 Å². The van der Waals surface area contributed by atoms with Crippen molar-refractivity contribution in [3.63, 3.8) is 0 Å². The molecule has 0 bridgehead atoms. The van der Waals surface area contributed by atoms with Crippen LogP contribution in [0.3, 0.4) is 0 Å². The summed E-state index contributed by atoms with van der Waals surface area (Å²) in [5.41, 5.74) is 0. The van der Waals surface area contributed by atoms with Crippen molar-refractivity contribution in [2.75, 3.05) is 11.6 Å². The van der Waals surface area contributed by atoms with E-state index in [4.69, 9.17) is 34.8 Å². The number of rotatable bonds is 5. The van der Waals surface area contributed by atoms with Crippen LogP contribution in [0.5, 0.6) is 0 Å². The van der Waals surface area contributed by atoms with Crippen molar-refractivity contribution in [1.29, 1.82) is 0 Å². The Labute approximate surface area is 110 Å². The lowest BCUT2D eigenvalue weighted by Crippen LogP contribution is -2.07. The van der Waals surface area contributed by atoms with E-state index in [-0.39, 0.29) is 15.7 Å². The van der Waals surface area contributed by atoms with Crippen molar-refractivity contribution in [1.82, 2.24) is 0 Å². The highest BCUT2D eigenvalue weighted by Gasteiger charge is 2.17. The van der Waals surface area contributed by atoms with Crippen molar-refractivity contribution in [3.05, 3.63) is 28.2 Å². The second-order valence-corrected chi connectivity index (χ2v) is 6.59. The standard InChI is InChI=1S/C10H11Cl3O2S/c11-5-1-2-6-16(14,15)10-7-8(12)3-4-9(10)13/h3-4,7H,1-2,5-6H2. The van der Waals surface area contributed by atoms with E-state index in [0.717, 1.165) is 0 Å². The number of hydrogen-bond acceptors (Lipinski definition) is 2. The van der Waals surface area contributed by atoms with E-state index in [1.807, 2.05) is 0 Å². The summed E-state index contributed by atoms with van der Waals surface area (Å²) in [6.07, 6.45) is 1.19. The highest BCUT2D eigenvalue weighted by Crippen LogP contribution is 2.26. The molecule has 0 heterocycles. The van der Waals surface area contributed by atoms with Gasteiger partial charge in [0, 0.05) is 10.9 Å². The van der Waals surface area contributed by atoms with Gasteiger partial charge in [-0.15, -0.1) is 11.6 Å². The molecule has 0 aliphatic carbocycles. The van der Waals surface area contributed by atoms with Gasteiger partial charge in [-0.3, -0.25) is 0 Å². The maximum absolute atomic E-state index is 11.9. The molecule has 1 aromatic rings. The van der Waals surface area contributed by atoms with Gasteiger partial charge in [-0.05, 0) is 31.0 Å². The minimum absolute atomic E-state index is 0.0415. The number of unbranched alkanes of at least 4 members (excludes halogenated alkanes) is 1. The predicted molar refractivity (Wildman–Crippen MR) is 68.5 cm³/mol. The maximum atomic E-state index is 11.9. The third-order valence-electron chi connectivity index (χ3n) is 2.03. The van der Waals surface area contributed by atoms with E-state index in [1.54, 1.807) is 6.07 Å². The van der Waals surface area contributed by atoms with Gasteiger partial charge in [-0.1, -0.05) is 23.2 Å². The molecule has 0 aromatic heterocycles. The van der Waals surface area contributed by atoms with Crippen LogP contribution in [0.1, 0.15) is 12.8 Å². The lowest BCUT2D eigenvalue weighted by molar-refractivity contribution is 0.593. The molecule has 0 saturated heterocycles. The molecule has 0 unspecified atom stereocenters. The summed E-state index contributed by atoms with van der Waals surface area (Å²) >= 11 is 17.1. The molecule has 6 heteroatoms. The summed E-state index contributed by atoms with van der Waals surface area (Å²) in [7, 11) is -3.36. The molecule has 0 fully saturated rings. The second-order valence-electron chi connectivity index (χ2n) is 3.29. The van der Waals surface area contributed by atoms with Crippen LogP contribution in [0.4, 0.5) is 0 Å². The Hall–Kier alpha value is 0.0400. The zero-order valence-electron chi connectivity index (χ0n) is 8.42. The topological polar surface area (TPSA) is 34.1 Å². The first-order valence-electron chi connectivity index (χ1n) is 4.71. The third kappa shape index (κ3) is 3.81. The van der Waals surface area contributed by atoms with Crippen molar-refractivity contribution >= 4 is 44.6 Å². The van der Waals surface area contributed by atoms with Gasteiger partial charge in [0.05, 0.1) is 15.7 Å². The summed E-state index contributed by atoms with van der Waals surface area (Å²) in [5, 5.41) is 0.565. The smallest absolute Gasteiger partial charge is 0.179 e. The molecule has 1 aromatic carbocycles. The normalized spacial score (nSPS) is 11.7. The number of alkyl halides is 1. The van der Waals surface area contributed by atoms with E-state index in [0.29, 0.717) is 23.7 Å². The Morgan fingerprint density at radius 1 is 1.12 bits per heavy atom. The highest BCUT2D eigenvalue weighted by molar-refractivity contribution is 7.91. The maximum Gasteiger partial charge on any atom is 0.179 e.